The molecule has 0 spiro atoms. The summed E-state index contributed by atoms with van der Waals surface area (Å²) in [6.45, 7) is 4.00. The SMILES string of the molecule is CC(=O)Nc1cccc(-c2nnc(SCC(=O)NCc3ccc(C)cc3)n2C)c1. The van der Waals surface area contributed by atoms with Crippen LogP contribution < -0.4 is 10.6 Å². The molecule has 8 heteroatoms. The van der Waals surface area contributed by atoms with Gasteiger partial charge < -0.3 is 15.2 Å². The minimum atomic E-state index is -0.131. The van der Waals surface area contributed by atoms with Gasteiger partial charge in [0.05, 0.1) is 5.75 Å². The van der Waals surface area contributed by atoms with E-state index in [1.165, 1.54) is 24.2 Å². The van der Waals surface area contributed by atoms with Crippen LogP contribution in [0, 0.1) is 6.92 Å². The molecule has 0 fully saturated rings. The molecule has 0 radical (unpaired) electrons. The number of anilines is 1. The highest BCUT2D eigenvalue weighted by atomic mass is 32.2. The quantitative estimate of drug-likeness (QED) is 0.585. The third-order valence-electron chi connectivity index (χ3n) is 4.22. The molecule has 0 bridgehead atoms. The van der Waals surface area contributed by atoms with Crippen molar-refractivity contribution in [2.45, 2.75) is 25.5 Å². The van der Waals surface area contributed by atoms with Crippen molar-refractivity contribution in [2.75, 3.05) is 11.1 Å². The fraction of sp³-hybridized carbons (Fsp3) is 0.238. The number of aryl methyl sites for hydroxylation is 1. The average molecular weight is 410 g/mol. The number of thioether (sulfide) groups is 1. The maximum Gasteiger partial charge on any atom is 0.230 e. The third kappa shape index (κ3) is 5.68. The second-order valence-electron chi connectivity index (χ2n) is 6.68. The summed E-state index contributed by atoms with van der Waals surface area (Å²) in [5.74, 6) is 0.726. The molecule has 2 N–H and O–H groups in total. The van der Waals surface area contributed by atoms with Crippen LogP contribution in [0.4, 0.5) is 5.69 Å². The van der Waals surface area contributed by atoms with Gasteiger partial charge >= 0.3 is 0 Å². The fourth-order valence-electron chi connectivity index (χ4n) is 2.72. The van der Waals surface area contributed by atoms with Gasteiger partial charge in [-0.25, -0.2) is 0 Å². The first-order valence-electron chi connectivity index (χ1n) is 9.15. The lowest BCUT2D eigenvalue weighted by molar-refractivity contribution is -0.118. The largest absolute Gasteiger partial charge is 0.351 e. The molecule has 0 saturated carbocycles. The fourth-order valence-corrected chi connectivity index (χ4v) is 3.46. The van der Waals surface area contributed by atoms with Gasteiger partial charge in [0.15, 0.2) is 11.0 Å². The molecule has 2 amide bonds. The second kappa shape index (κ2) is 9.38. The first-order valence-corrected chi connectivity index (χ1v) is 10.1. The first kappa shape index (κ1) is 20.6. The molecular formula is C21H23N5O2S. The van der Waals surface area contributed by atoms with E-state index in [0.717, 1.165) is 11.1 Å². The predicted octanol–water partition coefficient (Wildman–Crippen LogP) is 3.16. The summed E-state index contributed by atoms with van der Waals surface area (Å²) < 4.78 is 1.84. The zero-order valence-electron chi connectivity index (χ0n) is 16.6. The molecule has 150 valence electrons. The first-order chi connectivity index (χ1) is 13.9. The normalized spacial score (nSPS) is 10.6. The summed E-state index contributed by atoms with van der Waals surface area (Å²) in [7, 11) is 1.85. The molecule has 2 aromatic carbocycles. The lowest BCUT2D eigenvalue weighted by Gasteiger charge is -2.07. The van der Waals surface area contributed by atoms with Gasteiger partial charge in [0, 0.05) is 31.8 Å². The topological polar surface area (TPSA) is 88.9 Å². The Labute approximate surface area is 173 Å². The Morgan fingerprint density at radius 1 is 1.10 bits per heavy atom. The highest BCUT2D eigenvalue weighted by Gasteiger charge is 2.13. The van der Waals surface area contributed by atoms with Crippen LogP contribution in [-0.4, -0.2) is 32.3 Å². The van der Waals surface area contributed by atoms with Crippen molar-refractivity contribution >= 4 is 29.3 Å². The van der Waals surface area contributed by atoms with Gasteiger partial charge in [-0.2, -0.15) is 0 Å². The van der Waals surface area contributed by atoms with Crippen LogP contribution in [0.25, 0.3) is 11.4 Å². The van der Waals surface area contributed by atoms with Gasteiger partial charge in [0.2, 0.25) is 11.8 Å². The number of hydrogen-bond acceptors (Lipinski definition) is 5. The van der Waals surface area contributed by atoms with Gasteiger partial charge in [-0.1, -0.05) is 53.7 Å². The maximum atomic E-state index is 12.2. The van der Waals surface area contributed by atoms with E-state index in [-0.39, 0.29) is 17.6 Å². The summed E-state index contributed by atoms with van der Waals surface area (Å²) in [5.41, 5.74) is 3.79. The van der Waals surface area contributed by atoms with E-state index in [1.807, 2.05) is 67.1 Å². The number of aromatic nitrogens is 3. The highest BCUT2D eigenvalue weighted by Crippen LogP contribution is 2.24. The molecule has 0 aliphatic heterocycles. The maximum absolute atomic E-state index is 12.2. The molecule has 3 rings (SSSR count). The van der Waals surface area contributed by atoms with Crippen molar-refractivity contribution in [1.29, 1.82) is 0 Å². The number of amides is 2. The molecule has 3 aromatic rings. The third-order valence-corrected chi connectivity index (χ3v) is 5.24. The van der Waals surface area contributed by atoms with E-state index in [0.29, 0.717) is 23.2 Å². The van der Waals surface area contributed by atoms with Crippen molar-refractivity contribution < 1.29 is 9.59 Å². The van der Waals surface area contributed by atoms with Crippen molar-refractivity contribution in [1.82, 2.24) is 20.1 Å². The standard InChI is InChI=1S/C21H23N5O2S/c1-14-7-9-16(10-8-14)12-22-19(28)13-29-21-25-24-20(26(21)3)17-5-4-6-18(11-17)23-15(2)27/h4-11H,12-13H2,1-3H3,(H,22,28)(H,23,27). The van der Waals surface area contributed by atoms with E-state index >= 15 is 0 Å². The average Bonchev–Trinajstić information content (AvgIpc) is 3.06. The Hall–Kier alpha value is -3.13. The van der Waals surface area contributed by atoms with Crippen molar-refractivity contribution in [3.8, 4) is 11.4 Å². The number of carbonyl (C=O) groups is 2. The smallest absolute Gasteiger partial charge is 0.230 e. The summed E-state index contributed by atoms with van der Waals surface area (Å²) in [4.78, 5) is 23.4. The van der Waals surface area contributed by atoms with Gasteiger partial charge in [-0.15, -0.1) is 10.2 Å². The van der Waals surface area contributed by atoms with Crippen LogP contribution in [0.5, 0.6) is 0 Å². The van der Waals surface area contributed by atoms with Gasteiger partial charge in [0.25, 0.3) is 0 Å². The van der Waals surface area contributed by atoms with E-state index in [2.05, 4.69) is 20.8 Å². The molecule has 0 aliphatic rings. The zero-order chi connectivity index (χ0) is 20.8. The molecule has 0 aliphatic carbocycles. The number of nitrogens with zero attached hydrogens (tertiary/aromatic N) is 3. The number of nitrogens with one attached hydrogen (secondary N) is 2. The van der Waals surface area contributed by atoms with Crippen LogP contribution in [0.15, 0.2) is 53.7 Å². The van der Waals surface area contributed by atoms with Crippen molar-refractivity contribution in [3.63, 3.8) is 0 Å². The van der Waals surface area contributed by atoms with Gasteiger partial charge in [0.1, 0.15) is 0 Å². The molecule has 0 atom stereocenters. The number of hydrogen-bond donors (Lipinski definition) is 2. The molecule has 1 aromatic heterocycles. The van der Waals surface area contributed by atoms with Gasteiger partial charge in [-0.05, 0) is 24.6 Å². The Balaban J connectivity index is 1.59. The summed E-state index contributed by atoms with van der Waals surface area (Å²) >= 11 is 1.33. The number of rotatable bonds is 7. The van der Waals surface area contributed by atoms with E-state index in [4.69, 9.17) is 0 Å². The second-order valence-corrected chi connectivity index (χ2v) is 7.62. The van der Waals surface area contributed by atoms with E-state index < -0.39 is 0 Å². The Morgan fingerprint density at radius 2 is 1.86 bits per heavy atom. The summed E-state index contributed by atoms with van der Waals surface area (Å²) in [5, 5.41) is 14.7. The monoisotopic (exact) mass is 409 g/mol. The number of carbonyl (C=O) groups excluding carboxylic acids is 2. The molecule has 29 heavy (non-hydrogen) atoms. The van der Waals surface area contributed by atoms with Crippen LogP contribution in [0.3, 0.4) is 0 Å². The number of benzene rings is 2. The molecule has 7 nitrogen and oxygen atoms in total. The molecular weight excluding hydrogens is 386 g/mol. The van der Waals surface area contributed by atoms with E-state index in [9.17, 15) is 9.59 Å². The lowest BCUT2D eigenvalue weighted by atomic mass is 10.1. The lowest BCUT2D eigenvalue weighted by Crippen LogP contribution is -2.24. The van der Waals surface area contributed by atoms with Crippen molar-refractivity contribution in [3.05, 3.63) is 59.7 Å². The minimum absolute atomic E-state index is 0.0622. The highest BCUT2D eigenvalue weighted by molar-refractivity contribution is 7.99. The zero-order valence-corrected chi connectivity index (χ0v) is 17.4. The van der Waals surface area contributed by atoms with Gasteiger partial charge in [-0.3, -0.25) is 9.59 Å². The predicted molar refractivity (Wildman–Crippen MR) is 114 cm³/mol. The summed E-state index contributed by atoms with van der Waals surface area (Å²) in [6.07, 6.45) is 0. The molecule has 1 heterocycles. The van der Waals surface area contributed by atoms with Crippen LogP contribution >= 0.6 is 11.8 Å². The minimum Gasteiger partial charge on any atom is -0.351 e. The Bertz CT molecular complexity index is 1010. The van der Waals surface area contributed by atoms with Crippen LogP contribution in [0.1, 0.15) is 18.1 Å². The van der Waals surface area contributed by atoms with E-state index in [1.54, 1.807) is 0 Å². The molecule has 0 saturated heterocycles. The van der Waals surface area contributed by atoms with Crippen LogP contribution in [0.2, 0.25) is 0 Å². The summed E-state index contributed by atoms with van der Waals surface area (Å²) in [6, 6.07) is 15.5. The molecule has 0 unspecified atom stereocenters. The Kier molecular flexibility index (Phi) is 6.66. The van der Waals surface area contributed by atoms with Crippen LogP contribution in [-0.2, 0) is 23.2 Å². The van der Waals surface area contributed by atoms with Crippen molar-refractivity contribution in [2.24, 2.45) is 7.05 Å². The Morgan fingerprint density at radius 3 is 2.59 bits per heavy atom.